The van der Waals surface area contributed by atoms with Crippen molar-refractivity contribution in [3.63, 3.8) is 0 Å². The molecular formula is C68H82Cl2N4O10S2. The summed E-state index contributed by atoms with van der Waals surface area (Å²) < 4.78 is 69.0. The van der Waals surface area contributed by atoms with Crippen LogP contribution in [0.4, 0.5) is 11.4 Å². The number of fused-ring (bicyclic) bond motifs is 6. The van der Waals surface area contributed by atoms with Crippen molar-refractivity contribution >= 4 is 78.0 Å². The Labute approximate surface area is 518 Å². The van der Waals surface area contributed by atoms with Crippen LogP contribution in [-0.2, 0) is 53.3 Å². The predicted octanol–water partition coefficient (Wildman–Crippen LogP) is 12.2. The van der Waals surface area contributed by atoms with E-state index in [1.54, 1.807) is 48.6 Å². The highest BCUT2D eigenvalue weighted by Crippen LogP contribution is 2.49. The van der Waals surface area contributed by atoms with E-state index in [0.717, 1.165) is 75.6 Å². The molecule has 2 aliphatic heterocycles. The predicted molar refractivity (Wildman–Crippen MR) is 343 cm³/mol. The number of ketones is 2. The molecule has 18 heteroatoms. The number of rotatable bonds is 20. The first-order valence-electron chi connectivity index (χ1n) is 30.2. The molecule has 4 aromatic carbocycles. The number of aryl methyl sites for hydroxylation is 2. The van der Waals surface area contributed by atoms with Crippen molar-refractivity contribution in [2.45, 2.75) is 103 Å². The molecule has 2 amide bonds. The Morgan fingerprint density at radius 2 is 0.988 bits per heavy atom. The highest BCUT2D eigenvalue weighted by molar-refractivity contribution is 7.90. The van der Waals surface area contributed by atoms with E-state index in [9.17, 15) is 36.0 Å². The van der Waals surface area contributed by atoms with Crippen LogP contribution in [-0.4, -0.2) is 91.1 Å². The number of hydrogen-bond donors (Lipinski definition) is 2. The fourth-order valence-electron chi connectivity index (χ4n) is 13.6. The molecule has 460 valence electrons. The molecule has 2 N–H and O–H groups in total. The maximum absolute atomic E-state index is 13.3. The van der Waals surface area contributed by atoms with Gasteiger partial charge in [-0.05, 0) is 195 Å². The number of nitrogens with one attached hydrogen (secondary N) is 2. The molecule has 10 atom stereocenters. The summed E-state index contributed by atoms with van der Waals surface area (Å²) in [5.74, 6) is -0.600. The van der Waals surface area contributed by atoms with Gasteiger partial charge in [0.2, 0.25) is 20.0 Å². The van der Waals surface area contributed by atoms with Gasteiger partial charge in [-0.3, -0.25) is 19.2 Å². The number of amides is 2. The van der Waals surface area contributed by atoms with Crippen LogP contribution in [0.25, 0.3) is 0 Å². The minimum Gasteiger partial charge on any atom is -0.490 e. The molecule has 10 rings (SSSR count). The average molecular weight is 1250 g/mol. The molecule has 0 aromatic heterocycles. The van der Waals surface area contributed by atoms with Gasteiger partial charge >= 0.3 is 0 Å². The largest absolute Gasteiger partial charge is 0.490 e. The number of carbonyl (C=O) groups is 4. The van der Waals surface area contributed by atoms with Crippen molar-refractivity contribution < 1.29 is 45.5 Å². The summed E-state index contributed by atoms with van der Waals surface area (Å²) in [6.07, 6.45) is 15.5. The average Bonchev–Trinajstić information content (AvgIpc) is 1.54. The first-order valence-corrected chi connectivity index (χ1v) is 34.2. The van der Waals surface area contributed by atoms with E-state index in [2.05, 4.69) is 57.7 Å². The second-order valence-corrected chi connectivity index (χ2v) is 29.7. The zero-order valence-corrected chi connectivity index (χ0v) is 53.1. The van der Waals surface area contributed by atoms with Crippen molar-refractivity contribution in [3.8, 4) is 11.5 Å². The molecule has 0 unspecified atom stereocenters. The summed E-state index contributed by atoms with van der Waals surface area (Å²) >= 11 is 12.7. The molecular weight excluding hydrogens is 1170 g/mol. The molecule has 0 radical (unpaired) electrons. The molecule has 14 nitrogen and oxygen atoms in total. The van der Waals surface area contributed by atoms with E-state index in [4.69, 9.17) is 32.7 Å². The lowest BCUT2D eigenvalue weighted by atomic mass is 9.69. The smallest absolute Gasteiger partial charge is 0.264 e. The summed E-state index contributed by atoms with van der Waals surface area (Å²) in [5.41, 5.74) is 6.22. The number of hydrogen-bond acceptors (Lipinski definition) is 12. The Morgan fingerprint density at radius 3 is 1.34 bits per heavy atom. The number of allylic oxidation sites excluding steroid dienone is 4. The summed E-state index contributed by atoms with van der Waals surface area (Å²) in [5, 5.41) is 1.43. The maximum Gasteiger partial charge on any atom is 0.264 e. The summed E-state index contributed by atoms with van der Waals surface area (Å²) in [4.78, 5) is 56.2. The molecule has 2 saturated carbocycles. The van der Waals surface area contributed by atoms with Crippen LogP contribution in [0.2, 0.25) is 10.0 Å². The monoisotopic (exact) mass is 1250 g/mol. The van der Waals surface area contributed by atoms with Crippen LogP contribution in [0.15, 0.2) is 123 Å². The van der Waals surface area contributed by atoms with Gasteiger partial charge in [-0.1, -0.05) is 88.3 Å². The molecule has 2 fully saturated rings. The van der Waals surface area contributed by atoms with Gasteiger partial charge in [-0.2, -0.15) is 0 Å². The topological polar surface area (TPSA) is 186 Å². The molecule has 2 heterocycles. The molecule has 0 bridgehead atoms. The number of nitrogens with zero attached hydrogens (tertiary/aromatic N) is 2. The van der Waals surface area contributed by atoms with E-state index in [1.807, 2.05) is 52.0 Å². The molecule has 0 saturated heterocycles. The van der Waals surface area contributed by atoms with E-state index in [-0.39, 0.29) is 92.4 Å². The molecule has 2 spiro atoms. The van der Waals surface area contributed by atoms with E-state index < -0.39 is 31.9 Å². The second-order valence-electron chi connectivity index (χ2n) is 25.2. The Bertz CT molecular complexity index is 3310. The first kappa shape index (κ1) is 64.3. The quantitative estimate of drug-likeness (QED) is 0.0631. The summed E-state index contributed by atoms with van der Waals surface area (Å²) in [6.45, 7) is 25.8. The van der Waals surface area contributed by atoms with Crippen LogP contribution >= 0.6 is 23.2 Å². The van der Waals surface area contributed by atoms with Crippen molar-refractivity contribution in [1.82, 2.24) is 9.44 Å². The number of carbonyl (C=O) groups excluding carboxylic acids is 4. The lowest BCUT2D eigenvalue weighted by Crippen LogP contribution is -2.49. The minimum absolute atomic E-state index is 0.0126. The summed E-state index contributed by atoms with van der Waals surface area (Å²) in [6, 6.07) is 22.4. The van der Waals surface area contributed by atoms with Crippen LogP contribution in [0, 0.1) is 47.3 Å². The third kappa shape index (κ3) is 14.2. The number of ether oxygens (including phenoxy) is 2. The Morgan fingerprint density at radius 1 is 0.593 bits per heavy atom. The van der Waals surface area contributed by atoms with Gasteiger partial charge in [-0.25, -0.2) is 26.3 Å². The number of halogens is 2. The van der Waals surface area contributed by atoms with Gasteiger partial charge in [-0.15, -0.1) is 13.2 Å². The lowest BCUT2D eigenvalue weighted by molar-refractivity contribution is -0.123. The number of sulfonamides is 2. The minimum atomic E-state index is -3.87. The van der Waals surface area contributed by atoms with Gasteiger partial charge in [0.15, 0.2) is 11.6 Å². The van der Waals surface area contributed by atoms with Crippen LogP contribution in [0.5, 0.6) is 11.5 Å². The zero-order valence-electron chi connectivity index (χ0n) is 50.0. The number of anilines is 2. The van der Waals surface area contributed by atoms with Crippen LogP contribution in [0.1, 0.15) is 122 Å². The van der Waals surface area contributed by atoms with Crippen molar-refractivity contribution in [1.29, 1.82) is 0 Å². The Balaban J connectivity index is 0.000000205. The third-order valence-electron chi connectivity index (χ3n) is 19.5. The summed E-state index contributed by atoms with van der Waals surface area (Å²) in [7, 11) is -7.74. The fraction of sp³-hybridized carbons (Fsp3) is 0.471. The standard InChI is InChI=1S/2C34H41ClN2O5S/c2*1-5-22(3)23(4)19-43(40,41)36-33(39)25-10-14-32-30(17-25)37(18-26-9-12-28(26)31(38)6-2)20-34(21-42-32)15-7-8-24-16-27(35)11-13-29(24)34/h2*5-6,10-11,13-14,16-17,22-23,26,28H,1-2,7-9,12,15,18-21H2,3-4H3,(H,36,39)/t22-,23+,26+,28-,34+;22-,23+,26-,28+,34-/m10/s1. The molecule has 4 aromatic rings. The van der Waals surface area contributed by atoms with Crippen LogP contribution < -0.4 is 28.7 Å². The van der Waals surface area contributed by atoms with E-state index in [0.29, 0.717) is 60.9 Å². The lowest BCUT2D eigenvalue weighted by Gasteiger charge is -2.44. The molecule has 4 aliphatic carbocycles. The van der Waals surface area contributed by atoms with Crippen molar-refractivity contribution in [2.75, 3.05) is 60.7 Å². The maximum atomic E-state index is 13.3. The first-order chi connectivity index (χ1) is 40.9. The van der Waals surface area contributed by atoms with E-state index in [1.165, 1.54) is 34.4 Å². The molecule has 6 aliphatic rings. The van der Waals surface area contributed by atoms with Gasteiger partial charge in [0.25, 0.3) is 11.8 Å². The number of benzene rings is 4. The van der Waals surface area contributed by atoms with Crippen molar-refractivity contribution in [3.05, 3.63) is 167 Å². The van der Waals surface area contributed by atoms with Gasteiger partial charge < -0.3 is 19.3 Å². The highest BCUT2D eigenvalue weighted by atomic mass is 35.5. The Hall–Kier alpha value is -6.20. The third-order valence-corrected chi connectivity index (χ3v) is 22.9. The second kappa shape index (κ2) is 26.6. The zero-order chi connectivity index (χ0) is 61.9. The SMILES string of the molecule is C=CC(=O)[C@@H]1CC[C@H]1CN1C[C@@]2(CCCc3cc(Cl)ccc32)COc2ccc(C(=O)NS(=O)(=O)C[C@@H](C)[C@@H](C)C=C)cc21.C=CC(=O)[C@@H]1CC[C@H]1CN1C[C@@]2(CCCc3cc(Cl)ccc32)COc2ccc(C(=O)NS(=O)(=O)C[C@H](C)[C@H](C)C=C)cc21. The van der Waals surface area contributed by atoms with Gasteiger partial charge in [0, 0.05) is 70.0 Å². The van der Waals surface area contributed by atoms with E-state index >= 15 is 0 Å². The van der Waals surface area contributed by atoms with Crippen LogP contribution in [0.3, 0.4) is 0 Å². The van der Waals surface area contributed by atoms with Crippen molar-refractivity contribution in [2.24, 2.45) is 47.3 Å². The van der Waals surface area contributed by atoms with Gasteiger partial charge in [0.05, 0.1) is 36.1 Å². The highest BCUT2D eigenvalue weighted by Gasteiger charge is 2.46. The Kier molecular flexibility index (Phi) is 19.9. The van der Waals surface area contributed by atoms with Gasteiger partial charge in [0.1, 0.15) is 11.5 Å². The normalized spacial score (nSPS) is 24.3. The molecule has 86 heavy (non-hydrogen) atoms. The fourth-order valence-corrected chi connectivity index (χ4v) is 17.0.